The zero-order chi connectivity index (χ0) is 26.7. The monoisotopic (exact) mass is 532 g/mol. The first-order valence-electron chi connectivity index (χ1n) is 11.5. The molecule has 12 heteroatoms. The molecule has 1 unspecified atom stereocenters. The topological polar surface area (TPSA) is 143 Å². The smallest absolute Gasteiger partial charge is 0.295 e. The molecule has 1 amide bonds. The third-order valence-corrected chi connectivity index (χ3v) is 8.24. The molecule has 2 fully saturated rings. The van der Waals surface area contributed by atoms with Crippen molar-refractivity contribution in [3.63, 3.8) is 0 Å². The molecule has 1 atom stereocenters. The second kappa shape index (κ2) is 10.9. The van der Waals surface area contributed by atoms with E-state index in [4.69, 9.17) is 14.2 Å². The Bertz CT molecular complexity index is 1320. The molecule has 2 N–H and O–H groups in total. The van der Waals surface area contributed by atoms with E-state index in [1.54, 1.807) is 0 Å². The number of morpholine rings is 1. The van der Waals surface area contributed by atoms with Crippen molar-refractivity contribution in [1.29, 1.82) is 0 Å². The first kappa shape index (κ1) is 26.6. The van der Waals surface area contributed by atoms with Crippen molar-refractivity contribution in [2.45, 2.75) is 10.9 Å². The molecule has 0 bridgehead atoms. The number of ketones is 1. The Morgan fingerprint density at radius 2 is 1.76 bits per heavy atom. The van der Waals surface area contributed by atoms with Gasteiger partial charge in [0.25, 0.3) is 11.7 Å². The van der Waals surface area contributed by atoms with E-state index in [-0.39, 0.29) is 53.8 Å². The maximum absolute atomic E-state index is 13.1. The van der Waals surface area contributed by atoms with Crippen molar-refractivity contribution in [2.24, 2.45) is 0 Å². The molecule has 0 aromatic heterocycles. The molecule has 0 spiro atoms. The molecule has 0 radical (unpaired) electrons. The predicted octanol–water partition coefficient (Wildman–Crippen LogP) is 1.49. The van der Waals surface area contributed by atoms with Gasteiger partial charge in [0.05, 0.1) is 43.4 Å². The third-order valence-electron chi connectivity index (χ3n) is 6.33. The van der Waals surface area contributed by atoms with Crippen molar-refractivity contribution in [3.05, 3.63) is 59.2 Å². The molecule has 2 saturated heterocycles. The quantitative estimate of drug-likeness (QED) is 0.294. The van der Waals surface area contributed by atoms with Crippen molar-refractivity contribution < 1.29 is 42.4 Å². The van der Waals surface area contributed by atoms with Crippen LogP contribution >= 0.6 is 0 Å². The molecule has 2 heterocycles. The first-order valence-corrected chi connectivity index (χ1v) is 13.0. The lowest BCUT2D eigenvalue weighted by atomic mass is 9.95. The van der Waals surface area contributed by atoms with Gasteiger partial charge < -0.3 is 29.3 Å². The van der Waals surface area contributed by atoms with Gasteiger partial charge in [-0.3, -0.25) is 9.59 Å². The van der Waals surface area contributed by atoms with E-state index < -0.39 is 33.5 Å². The fraction of sp³-hybridized carbons (Fsp3) is 0.360. The Morgan fingerprint density at radius 1 is 1.08 bits per heavy atom. The number of methoxy groups -OCH3 is 2. The minimum Gasteiger partial charge on any atom is -0.507 e. The molecule has 4 rings (SSSR count). The molecule has 2 aliphatic rings. The summed E-state index contributed by atoms with van der Waals surface area (Å²) in [6.07, 6.45) is 0. The van der Waals surface area contributed by atoms with Gasteiger partial charge in [0, 0.05) is 32.3 Å². The number of hydrogen-bond donors (Lipinski definition) is 2. The number of benzene rings is 2. The average Bonchev–Trinajstić information content (AvgIpc) is 3.17. The van der Waals surface area contributed by atoms with Crippen LogP contribution in [0.2, 0.25) is 0 Å². The zero-order valence-electron chi connectivity index (χ0n) is 20.4. The summed E-state index contributed by atoms with van der Waals surface area (Å²) in [5, 5.41) is 21.2. The van der Waals surface area contributed by atoms with Crippen molar-refractivity contribution in [3.8, 4) is 11.5 Å². The first-order chi connectivity index (χ1) is 17.7. The number of amides is 1. The predicted molar refractivity (Wildman–Crippen MR) is 132 cm³/mol. The molecule has 0 aliphatic carbocycles. The molecule has 198 valence electrons. The van der Waals surface area contributed by atoms with Crippen LogP contribution < -0.4 is 4.74 Å². The number of Topliss-reactive ketones (excluding diaryl/α,β-unsaturated/α-hetero) is 1. The Kier molecular flexibility index (Phi) is 7.83. The van der Waals surface area contributed by atoms with Gasteiger partial charge in [0.2, 0.25) is 10.0 Å². The normalized spacial score (nSPS) is 20.4. The maximum Gasteiger partial charge on any atom is 0.295 e. The standard InChI is InChI=1S/C25H28N2O9S/c1-34-12-11-27-22(17-5-8-19(28)20(15-17)35-2)21(24(30)25(27)31)23(29)16-3-6-18(7-4-16)37(32,33)26-9-13-36-14-10-26/h3-8,15,22,28-29H,9-14H2,1-2H3/b23-21-. The number of aliphatic hydroxyl groups excluding tert-OH is 1. The highest BCUT2D eigenvalue weighted by Crippen LogP contribution is 2.41. The van der Waals surface area contributed by atoms with Gasteiger partial charge in [-0.2, -0.15) is 4.31 Å². The van der Waals surface area contributed by atoms with E-state index in [1.807, 2.05) is 0 Å². The second-order valence-electron chi connectivity index (χ2n) is 8.46. The zero-order valence-corrected chi connectivity index (χ0v) is 21.2. The highest BCUT2D eigenvalue weighted by molar-refractivity contribution is 7.89. The summed E-state index contributed by atoms with van der Waals surface area (Å²) in [6.45, 7) is 1.32. The Hall–Kier alpha value is -3.45. The summed E-state index contributed by atoms with van der Waals surface area (Å²) < 4.78 is 42.7. The summed E-state index contributed by atoms with van der Waals surface area (Å²) in [5.74, 6) is -2.16. The number of aliphatic hydroxyl groups is 1. The number of nitrogens with zero attached hydrogens (tertiary/aromatic N) is 2. The Labute approximate surface area is 214 Å². The second-order valence-corrected chi connectivity index (χ2v) is 10.4. The van der Waals surface area contributed by atoms with E-state index in [2.05, 4.69) is 0 Å². The summed E-state index contributed by atoms with van der Waals surface area (Å²) in [4.78, 5) is 27.3. The molecule has 11 nitrogen and oxygen atoms in total. The number of carbonyl (C=O) groups is 2. The van der Waals surface area contributed by atoms with Crippen LogP contribution in [0.1, 0.15) is 17.2 Å². The van der Waals surface area contributed by atoms with Gasteiger partial charge in [-0.1, -0.05) is 6.07 Å². The minimum absolute atomic E-state index is 0.0336. The maximum atomic E-state index is 13.1. The largest absolute Gasteiger partial charge is 0.507 e. The molecular weight excluding hydrogens is 504 g/mol. The number of rotatable bonds is 8. The fourth-order valence-corrected chi connectivity index (χ4v) is 5.80. The van der Waals surface area contributed by atoms with Gasteiger partial charge in [-0.05, 0) is 42.0 Å². The summed E-state index contributed by atoms with van der Waals surface area (Å²) in [5.41, 5.74) is 0.428. The highest BCUT2D eigenvalue weighted by atomic mass is 32.2. The van der Waals surface area contributed by atoms with Gasteiger partial charge in [0.15, 0.2) is 11.5 Å². The van der Waals surface area contributed by atoms with Crippen molar-refractivity contribution in [1.82, 2.24) is 9.21 Å². The molecular formula is C25H28N2O9S. The molecule has 2 aromatic carbocycles. The van der Waals surface area contributed by atoms with Crippen LogP contribution in [0.3, 0.4) is 0 Å². The van der Waals surface area contributed by atoms with E-state index in [0.29, 0.717) is 18.8 Å². The van der Waals surface area contributed by atoms with Crippen LogP contribution in [-0.2, 0) is 29.1 Å². The van der Waals surface area contributed by atoms with E-state index in [9.17, 15) is 28.2 Å². The number of sulfonamides is 1. The number of phenolic OH excluding ortho intramolecular Hbond substituents is 1. The molecule has 2 aromatic rings. The average molecular weight is 533 g/mol. The van der Waals surface area contributed by atoms with E-state index in [0.717, 1.165) is 0 Å². The van der Waals surface area contributed by atoms with Gasteiger partial charge >= 0.3 is 0 Å². The molecule has 2 aliphatic heterocycles. The lowest BCUT2D eigenvalue weighted by Crippen LogP contribution is -2.40. The summed E-state index contributed by atoms with van der Waals surface area (Å²) >= 11 is 0. The van der Waals surface area contributed by atoms with Crippen LogP contribution in [0.5, 0.6) is 11.5 Å². The number of likely N-dealkylation sites (tertiary alicyclic amines) is 1. The number of carbonyl (C=O) groups excluding carboxylic acids is 2. The Morgan fingerprint density at radius 3 is 2.38 bits per heavy atom. The van der Waals surface area contributed by atoms with Crippen LogP contribution in [0.15, 0.2) is 52.9 Å². The van der Waals surface area contributed by atoms with Crippen LogP contribution in [0.25, 0.3) is 5.76 Å². The third kappa shape index (κ3) is 5.05. The van der Waals surface area contributed by atoms with E-state index >= 15 is 0 Å². The van der Waals surface area contributed by atoms with Crippen molar-refractivity contribution >= 4 is 27.5 Å². The molecule has 37 heavy (non-hydrogen) atoms. The number of aromatic hydroxyl groups is 1. The number of ether oxygens (including phenoxy) is 3. The Balaban J connectivity index is 1.76. The van der Waals surface area contributed by atoms with Gasteiger partial charge in [-0.25, -0.2) is 8.42 Å². The van der Waals surface area contributed by atoms with Crippen LogP contribution in [-0.4, -0.2) is 93.2 Å². The summed E-state index contributed by atoms with van der Waals surface area (Å²) in [7, 11) is -0.924. The van der Waals surface area contributed by atoms with Crippen LogP contribution in [0.4, 0.5) is 0 Å². The summed E-state index contributed by atoms with van der Waals surface area (Å²) in [6, 6.07) is 8.87. The van der Waals surface area contributed by atoms with Crippen molar-refractivity contribution in [2.75, 3.05) is 53.7 Å². The van der Waals surface area contributed by atoms with Crippen LogP contribution in [0, 0.1) is 0 Å². The van der Waals surface area contributed by atoms with Gasteiger partial charge in [-0.15, -0.1) is 0 Å². The lowest BCUT2D eigenvalue weighted by molar-refractivity contribution is -0.140. The molecule has 0 saturated carbocycles. The fourth-order valence-electron chi connectivity index (χ4n) is 4.39. The van der Waals surface area contributed by atoms with E-state index in [1.165, 1.54) is 65.9 Å². The SMILES string of the molecule is COCCN1C(=O)C(=O)/C(=C(\O)c2ccc(S(=O)(=O)N3CCOCC3)cc2)C1c1ccc(O)c(OC)c1. The lowest BCUT2D eigenvalue weighted by Gasteiger charge is -2.26. The number of phenols is 1. The minimum atomic E-state index is -3.75. The van der Waals surface area contributed by atoms with Gasteiger partial charge in [0.1, 0.15) is 5.76 Å². The highest BCUT2D eigenvalue weighted by Gasteiger charge is 2.46. The number of hydrogen-bond acceptors (Lipinski definition) is 9.